The van der Waals surface area contributed by atoms with E-state index in [0.29, 0.717) is 0 Å². The highest BCUT2D eigenvalue weighted by molar-refractivity contribution is 7.92. The molecule has 0 saturated carbocycles. The smallest absolute Gasteiger partial charge is 0.241 e. The summed E-state index contributed by atoms with van der Waals surface area (Å²) in [7, 11) is -3.44. The predicted octanol–water partition coefficient (Wildman–Crippen LogP) is -1.94. The van der Waals surface area contributed by atoms with Gasteiger partial charge in [-0.15, -0.1) is 0 Å². The van der Waals surface area contributed by atoms with E-state index in [9.17, 15) is 18.0 Å². The number of hydrogen-bond acceptors (Lipinski definition) is 4. The lowest BCUT2D eigenvalue weighted by Crippen LogP contribution is -2.45. The van der Waals surface area contributed by atoms with Crippen LogP contribution in [0.15, 0.2) is 0 Å². The summed E-state index contributed by atoms with van der Waals surface area (Å²) in [4.78, 5) is 20.8. The van der Waals surface area contributed by atoms with Crippen LogP contribution in [0.2, 0.25) is 0 Å². The molecule has 1 rings (SSSR count). The number of carbonyl (C=O) groups is 2. The van der Waals surface area contributed by atoms with Gasteiger partial charge in [0.2, 0.25) is 11.8 Å². The van der Waals surface area contributed by atoms with Gasteiger partial charge in [0, 0.05) is 0 Å². The third kappa shape index (κ3) is 1.53. The van der Waals surface area contributed by atoms with Crippen LogP contribution in [0.4, 0.5) is 0 Å². The number of hydrogen-bond donors (Lipinski definition) is 1. The molecule has 1 N–H and O–H groups in total. The second kappa shape index (κ2) is 2.05. The van der Waals surface area contributed by atoms with Crippen molar-refractivity contribution < 1.29 is 18.0 Å². The summed E-state index contributed by atoms with van der Waals surface area (Å²) in [5, 5.41) is 1.88. The van der Waals surface area contributed by atoms with Crippen LogP contribution < -0.4 is 5.32 Å². The SMILES string of the molecule is O=C1CS(=O)(=O)CC(=O)N1. The number of carbonyl (C=O) groups excluding carboxylic acids is 2. The molecule has 1 fully saturated rings. The molecule has 1 aliphatic heterocycles. The van der Waals surface area contributed by atoms with Gasteiger partial charge >= 0.3 is 0 Å². The average molecular weight is 163 g/mol. The van der Waals surface area contributed by atoms with E-state index in [2.05, 4.69) is 0 Å². The van der Waals surface area contributed by atoms with Crippen LogP contribution >= 0.6 is 0 Å². The van der Waals surface area contributed by atoms with Gasteiger partial charge in [-0.05, 0) is 0 Å². The second-order valence-corrected chi connectivity index (χ2v) is 4.07. The third-order valence-corrected chi connectivity index (χ3v) is 2.38. The normalized spacial score (nSPS) is 24.0. The molecule has 5 nitrogen and oxygen atoms in total. The van der Waals surface area contributed by atoms with Crippen molar-refractivity contribution in [1.29, 1.82) is 0 Å². The van der Waals surface area contributed by atoms with Crippen molar-refractivity contribution in [2.45, 2.75) is 0 Å². The summed E-state index contributed by atoms with van der Waals surface area (Å²) in [6.45, 7) is 0. The molecular weight excluding hydrogens is 158 g/mol. The van der Waals surface area contributed by atoms with Gasteiger partial charge in [0.15, 0.2) is 9.84 Å². The summed E-state index contributed by atoms with van der Waals surface area (Å²) in [6, 6.07) is 0. The van der Waals surface area contributed by atoms with Gasteiger partial charge < -0.3 is 0 Å². The van der Waals surface area contributed by atoms with Crippen molar-refractivity contribution in [1.82, 2.24) is 5.32 Å². The highest BCUT2D eigenvalue weighted by Gasteiger charge is 2.27. The summed E-state index contributed by atoms with van der Waals surface area (Å²) in [5.74, 6) is -2.62. The Labute approximate surface area is 57.3 Å². The standard InChI is InChI=1S/C4H5NO4S/c6-3-1-10(8,9)2-4(7)5-3/h1-2H2,(H,5,6,7). The van der Waals surface area contributed by atoms with Gasteiger partial charge in [-0.3, -0.25) is 14.9 Å². The predicted molar refractivity (Wildman–Crippen MR) is 31.8 cm³/mol. The molecule has 1 saturated heterocycles. The zero-order valence-corrected chi connectivity index (χ0v) is 5.77. The maximum absolute atomic E-state index is 10.6. The Morgan fingerprint density at radius 3 is 1.80 bits per heavy atom. The van der Waals surface area contributed by atoms with E-state index in [1.165, 1.54) is 0 Å². The molecule has 0 bridgehead atoms. The summed E-state index contributed by atoms with van der Waals surface area (Å²) in [5.41, 5.74) is 0. The maximum atomic E-state index is 10.6. The number of imide groups is 1. The molecule has 56 valence electrons. The molecule has 0 aromatic carbocycles. The number of rotatable bonds is 0. The Bertz CT molecular complexity index is 256. The quantitative estimate of drug-likeness (QED) is 0.421. The minimum Gasteiger partial charge on any atom is -0.295 e. The molecule has 0 spiro atoms. The fraction of sp³-hybridized carbons (Fsp3) is 0.500. The molecule has 6 heteroatoms. The van der Waals surface area contributed by atoms with Crippen molar-refractivity contribution in [3.8, 4) is 0 Å². The van der Waals surface area contributed by atoms with E-state index in [-0.39, 0.29) is 0 Å². The van der Waals surface area contributed by atoms with Crippen LogP contribution in [0.1, 0.15) is 0 Å². The minimum absolute atomic E-state index is 0.571. The Morgan fingerprint density at radius 2 is 1.50 bits per heavy atom. The van der Waals surface area contributed by atoms with Crippen LogP contribution in [0.5, 0.6) is 0 Å². The Morgan fingerprint density at radius 1 is 1.10 bits per heavy atom. The first-order valence-electron chi connectivity index (χ1n) is 2.53. The van der Waals surface area contributed by atoms with E-state index >= 15 is 0 Å². The molecule has 0 radical (unpaired) electrons. The van der Waals surface area contributed by atoms with Gasteiger partial charge in [-0.2, -0.15) is 0 Å². The monoisotopic (exact) mass is 163 g/mol. The minimum atomic E-state index is -3.44. The molecule has 0 unspecified atom stereocenters. The van der Waals surface area contributed by atoms with Gasteiger partial charge in [0.25, 0.3) is 0 Å². The molecule has 0 aromatic heterocycles. The summed E-state index contributed by atoms with van der Waals surface area (Å²) < 4.78 is 21.2. The lowest BCUT2D eigenvalue weighted by Gasteiger charge is -2.09. The molecule has 0 aliphatic carbocycles. The van der Waals surface area contributed by atoms with E-state index in [4.69, 9.17) is 0 Å². The van der Waals surface area contributed by atoms with Crippen molar-refractivity contribution in [2.24, 2.45) is 0 Å². The molecule has 2 amide bonds. The molecule has 1 heterocycles. The number of amides is 2. The second-order valence-electron chi connectivity index (χ2n) is 2.00. The van der Waals surface area contributed by atoms with Crippen molar-refractivity contribution in [3.05, 3.63) is 0 Å². The first-order chi connectivity index (χ1) is 4.49. The van der Waals surface area contributed by atoms with Crippen molar-refractivity contribution in [2.75, 3.05) is 11.5 Å². The lowest BCUT2D eigenvalue weighted by molar-refractivity contribution is -0.128. The van der Waals surface area contributed by atoms with Crippen LogP contribution in [0, 0.1) is 0 Å². The van der Waals surface area contributed by atoms with Crippen LogP contribution in [0.25, 0.3) is 0 Å². The average Bonchev–Trinajstić information content (AvgIpc) is 1.54. The Hall–Kier alpha value is -0.910. The Kier molecular flexibility index (Phi) is 1.47. The first-order valence-corrected chi connectivity index (χ1v) is 4.35. The summed E-state index contributed by atoms with van der Waals surface area (Å²) >= 11 is 0. The highest BCUT2D eigenvalue weighted by Crippen LogP contribution is 1.95. The van der Waals surface area contributed by atoms with Crippen molar-refractivity contribution >= 4 is 21.7 Å². The largest absolute Gasteiger partial charge is 0.295 e. The summed E-state index contributed by atoms with van der Waals surface area (Å²) in [6.07, 6.45) is 0. The van der Waals surface area contributed by atoms with Gasteiger partial charge in [-0.1, -0.05) is 0 Å². The molecule has 0 aromatic rings. The van der Waals surface area contributed by atoms with Crippen LogP contribution in [-0.2, 0) is 19.4 Å². The van der Waals surface area contributed by atoms with Gasteiger partial charge in [-0.25, -0.2) is 8.42 Å². The fourth-order valence-corrected chi connectivity index (χ4v) is 1.72. The van der Waals surface area contributed by atoms with Crippen molar-refractivity contribution in [3.63, 3.8) is 0 Å². The topological polar surface area (TPSA) is 80.3 Å². The molecule has 10 heavy (non-hydrogen) atoms. The van der Waals surface area contributed by atoms with E-state index in [1.807, 2.05) is 5.32 Å². The van der Waals surface area contributed by atoms with E-state index in [1.54, 1.807) is 0 Å². The number of nitrogens with one attached hydrogen (secondary N) is 1. The van der Waals surface area contributed by atoms with Crippen LogP contribution in [-0.4, -0.2) is 31.7 Å². The van der Waals surface area contributed by atoms with Crippen LogP contribution in [0.3, 0.4) is 0 Å². The maximum Gasteiger partial charge on any atom is 0.241 e. The zero-order chi connectivity index (χ0) is 7.78. The molecular formula is C4H5NO4S. The number of sulfone groups is 1. The zero-order valence-electron chi connectivity index (χ0n) is 4.96. The molecule has 0 atom stereocenters. The fourth-order valence-electron chi connectivity index (χ4n) is 0.678. The molecule has 1 aliphatic rings. The van der Waals surface area contributed by atoms with E-state index in [0.717, 1.165) is 0 Å². The van der Waals surface area contributed by atoms with E-state index < -0.39 is 33.2 Å². The third-order valence-electron chi connectivity index (χ3n) is 0.981. The first kappa shape index (κ1) is 7.20. The lowest BCUT2D eigenvalue weighted by atomic mass is 10.6. The van der Waals surface area contributed by atoms with Gasteiger partial charge in [0.05, 0.1) is 0 Å². The van der Waals surface area contributed by atoms with Gasteiger partial charge in [0.1, 0.15) is 11.5 Å². The highest BCUT2D eigenvalue weighted by atomic mass is 32.2. The Balaban J connectivity index is 2.89.